The monoisotopic (exact) mass is 406 g/mol. The van der Waals surface area contributed by atoms with Crippen molar-refractivity contribution in [3.63, 3.8) is 0 Å². The zero-order chi connectivity index (χ0) is 21.3. The molecule has 30 heavy (non-hydrogen) atoms. The van der Waals surface area contributed by atoms with Gasteiger partial charge in [0, 0.05) is 25.7 Å². The molecule has 0 spiro atoms. The fraction of sp³-hybridized carbons (Fsp3) is 0.440. The molecule has 0 radical (unpaired) electrons. The van der Waals surface area contributed by atoms with Gasteiger partial charge in [-0.05, 0) is 74.7 Å². The molecule has 0 N–H and O–H groups in total. The van der Waals surface area contributed by atoms with Gasteiger partial charge in [0.2, 0.25) is 0 Å². The Morgan fingerprint density at radius 2 is 1.87 bits per heavy atom. The lowest BCUT2D eigenvalue weighted by Crippen LogP contribution is -2.47. The van der Waals surface area contributed by atoms with Gasteiger partial charge in [-0.1, -0.05) is 24.3 Å². The van der Waals surface area contributed by atoms with Crippen molar-refractivity contribution in [3.8, 4) is 5.75 Å². The summed E-state index contributed by atoms with van der Waals surface area (Å²) in [7, 11) is 1.82. The number of likely N-dealkylation sites (tertiary alicyclic amines) is 1. The number of Topliss-reactive ketones (excluding diaryl/α,β-unsaturated/α-hetero) is 1. The van der Waals surface area contributed by atoms with Crippen LogP contribution in [-0.4, -0.2) is 54.8 Å². The van der Waals surface area contributed by atoms with E-state index in [4.69, 9.17) is 4.74 Å². The summed E-state index contributed by atoms with van der Waals surface area (Å²) in [6, 6.07) is 14.0. The van der Waals surface area contributed by atoms with Crippen LogP contribution < -0.4 is 4.74 Å². The standard InChI is InChI=1S/C25H30N2O3/c1-18-6-4-5-7-23(18)25(19(2)28)10-12-27(13-11-25)14-15-30-21-8-9-22-20(16-21)17-26(3)24(22)29/h4-9,16H,10-15,17H2,1-3H3. The minimum absolute atomic E-state index is 0.0764. The van der Waals surface area contributed by atoms with Gasteiger partial charge in [0.25, 0.3) is 5.91 Å². The SMILES string of the molecule is CC(=O)C1(c2ccccc2C)CCN(CCOc2ccc3c(c2)CN(C)C3=O)CC1. The molecule has 0 atom stereocenters. The highest BCUT2D eigenvalue weighted by molar-refractivity contribution is 5.98. The van der Waals surface area contributed by atoms with E-state index < -0.39 is 0 Å². The fourth-order valence-electron chi connectivity index (χ4n) is 4.90. The van der Waals surface area contributed by atoms with Gasteiger partial charge >= 0.3 is 0 Å². The van der Waals surface area contributed by atoms with Crippen LogP contribution in [0.1, 0.15) is 46.8 Å². The number of aryl methyl sites for hydroxylation is 1. The van der Waals surface area contributed by atoms with Crippen LogP contribution in [-0.2, 0) is 16.8 Å². The average molecular weight is 407 g/mol. The Bertz CT molecular complexity index is 961. The summed E-state index contributed by atoms with van der Waals surface area (Å²) >= 11 is 0. The number of hydrogen-bond donors (Lipinski definition) is 0. The van der Waals surface area contributed by atoms with Crippen LogP contribution in [0, 0.1) is 6.92 Å². The fourth-order valence-corrected chi connectivity index (χ4v) is 4.90. The number of hydrogen-bond acceptors (Lipinski definition) is 4. The first kappa shape index (κ1) is 20.6. The number of ether oxygens (including phenoxy) is 1. The normalized spacial score (nSPS) is 18.4. The lowest BCUT2D eigenvalue weighted by Gasteiger charge is -2.41. The molecule has 2 aromatic carbocycles. The van der Waals surface area contributed by atoms with E-state index >= 15 is 0 Å². The summed E-state index contributed by atoms with van der Waals surface area (Å²) in [5.41, 5.74) is 3.83. The summed E-state index contributed by atoms with van der Waals surface area (Å²) in [5, 5.41) is 0. The highest BCUT2D eigenvalue weighted by Crippen LogP contribution is 2.38. The van der Waals surface area contributed by atoms with E-state index in [-0.39, 0.29) is 17.1 Å². The third-order valence-electron chi connectivity index (χ3n) is 6.78. The molecule has 0 unspecified atom stereocenters. The number of piperidine rings is 1. The van der Waals surface area contributed by atoms with E-state index in [0.717, 1.165) is 49.4 Å². The number of amides is 1. The van der Waals surface area contributed by atoms with E-state index in [1.165, 1.54) is 11.1 Å². The van der Waals surface area contributed by atoms with E-state index in [0.29, 0.717) is 13.2 Å². The summed E-state index contributed by atoms with van der Waals surface area (Å²) < 4.78 is 5.97. The summed E-state index contributed by atoms with van der Waals surface area (Å²) in [5.74, 6) is 1.16. The van der Waals surface area contributed by atoms with Crippen molar-refractivity contribution in [1.82, 2.24) is 9.80 Å². The Morgan fingerprint density at radius 1 is 1.13 bits per heavy atom. The Hall–Kier alpha value is -2.66. The summed E-state index contributed by atoms with van der Waals surface area (Å²) in [6.07, 6.45) is 1.70. The maximum atomic E-state index is 12.6. The lowest BCUT2D eigenvalue weighted by molar-refractivity contribution is -0.124. The zero-order valence-corrected chi connectivity index (χ0v) is 18.1. The van der Waals surface area contributed by atoms with Crippen LogP contribution in [0.2, 0.25) is 0 Å². The molecule has 0 aromatic heterocycles. The molecule has 4 rings (SSSR count). The van der Waals surface area contributed by atoms with Crippen molar-refractivity contribution in [3.05, 3.63) is 64.7 Å². The Morgan fingerprint density at radius 3 is 2.57 bits per heavy atom. The van der Waals surface area contributed by atoms with Crippen LogP contribution >= 0.6 is 0 Å². The number of fused-ring (bicyclic) bond motifs is 1. The Balaban J connectivity index is 1.33. The molecule has 1 saturated heterocycles. The van der Waals surface area contributed by atoms with Gasteiger partial charge in [0.15, 0.2) is 0 Å². The average Bonchev–Trinajstić information content (AvgIpc) is 3.02. The molecule has 158 valence electrons. The van der Waals surface area contributed by atoms with Crippen LogP contribution in [0.3, 0.4) is 0 Å². The van der Waals surface area contributed by atoms with Crippen molar-refractivity contribution in [2.24, 2.45) is 0 Å². The first-order chi connectivity index (χ1) is 14.4. The predicted molar refractivity (Wildman–Crippen MR) is 117 cm³/mol. The quantitative estimate of drug-likeness (QED) is 0.736. The molecule has 2 aliphatic rings. The van der Waals surface area contributed by atoms with Gasteiger partial charge < -0.3 is 9.64 Å². The zero-order valence-electron chi connectivity index (χ0n) is 18.1. The van der Waals surface area contributed by atoms with Crippen LogP contribution in [0.15, 0.2) is 42.5 Å². The number of carbonyl (C=O) groups excluding carboxylic acids is 2. The van der Waals surface area contributed by atoms with Crippen LogP contribution in [0.4, 0.5) is 0 Å². The maximum Gasteiger partial charge on any atom is 0.254 e. The van der Waals surface area contributed by atoms with Gasteiger partial charge in [0.05, 0.1) is 5.41 Å². The molecule has 5 nitrogen and oxygen atoms in total. The smallest absolute Gasteiger partial charge is 0.254 e. The van der Waals surface area contributed by atoms with Crippen molar-refractivity contribution in [2.45, 2.75) is 38.6 Å². The lowest BCUT2D eigenvalue weighted by atomic mass is 9.69. The molecule has 2 aromatic rings. The highest BCUT2D eigenvalue weighted by atomic mass is 16.5. The van der Waals surface area contributed by atoms with Gasteiger partial charge in [-0.15, -0.1) is 0 Å². The van der Waals surface area contributed by atoms with Gasteiger partial charge in [0.1, 0.15) is 18.1 Å². The molecule has 0 aliphatic carbocycles. The molecule has 2 heterocycles. The number of benzene rings is 2. The van der Waals surface area contributed by atoms with E-state index in [1.807, 2.05) is 37.4 Å². The van der Waals surface area contributed by atoms with Gasteiger partial charge in [-0.25, -0.2) is 0 Å². The molecule has 0 saturated carbocycles. The Labute approximate surface area is 178 Å². The summed E-state index contributed by atoms with van der Waals surface area (Å²) in [6.45, 7) is 7.69. The van der Waals surface area contributed by atoms with Crippen molar-refractivity contribution in [1.29, 1.82) is 0 Å². The third kappa shape index (κ3) is 3.74. The van der Waals surface area contributed by atoms with Crippen molar-refractivity contribution in [2.75, 3.05) is 33.3 Å². The number of rotatable bonds is 6. The van der Waals surface area contributed by atoms with Crippen LogP contribution in [0.5, 0.6) is 5.75 Å². The predicted octanol–water partition coefficient (Wildman–Crippen LogP) is 3.58. The molecule has 1 amide bonds. The minimum Gasteiger partial charge on any atom is -0.492 e. The van der Waals surface area contributed by atoms with Crippen molar-refractivity contribution >= 4 is 11.7 Å². The van der Waals surface area contributed by atoms with E-state index in [2.05, 4.69) is 24.0 Å². The van der Waals surface area contributed by atoms with Crippen LogP contribution in [0.25, 0.3) is 0 Å². The molecule has 2 aliphatic heterocycles. The third-order valence-corrected chi connectivity index (χ3v) is 6.78. The number of nitrogens with zero attached hydrogens (tertiary/aromatic N) is 2. The second kappa shape index (κ2) is 8.23. The Kier molecular flexibility index (Phi) is 5.65. The molecular formula is C25H30N2O3. The molecule has 1 fully saturated rings. The van der Waals surface area contributed by atoms with Gasteiger partial charge in [-0.3, -0.25) is 14.5 Å². The maximum absolute atomic E-state index is 12.6. The first-order valence-electron chi connectivity index (χ1n) is 10.7. The van der Waals surface area contributed by atoms with E-state index in [9.17, 15) is 9.59 Å². The largest absolute Gasteiger partial charge is 0.492 e. The minimum atomic E-state index is -0.360. The number of ketones is 1. The van der Waals surface area contributed by atoms with Gasteiger partial charge in [-0.2, -0.15) is 0 Å². The highest BCUT2D eigenvalue weighted by Gasteiger charge is 2.41. The second-order valence-electron chi connectivity index (χ2n) is 8.62. The summed E-state index contributed by atoms with van der Waals surface area (Å²) in [4.78, 5) is 28.8. The second-order valence-corrected chi connectivity index (χ2v) is 8.62. The van der Waals surface area contributed by atoms with Crippen molar-refractivity contribution < 1.29 is 14.3 Å². The molecule has 0 bridgehead atoms. The topological polar surface area (TPSA) is 49.9 Å². The molecule has 5 heteroatoms. The molecular weight excluding hydrogens is 376 g/mol. The first-order valence-corrected chi connectivity index (χ1v) is 10.7. The number of carbonyl (C=O) groups is 2. The van der Waals surface area contributed by atoms with E-state index in [1.54, 1.807) is 11.8 Å².